The first-order valence-electron chi connectivity index (χ1n) is 10.8. The molecule has 0 aliphatic heterocycles. The van der Waals surface area contributed by atoms with Crippen molar-refractivity contribution in [3.63, 3.8) is 0 Å². The first-order chi connectivity index (χ1) is 14.8. The number of pyridine rings is 1. The maximum Gasteiger partial charge on any atom is 0.255 e. The van der Waals surface area contributed by atoms with Crippen molar-refractivity contribution >= 4 is 10.8 Å². The van der Waals surface area contributed by atoms with Crippen LogP contribution in [0.15, 0.2) is 53.0 Å². The van der Waals surface area contributed by atoms with Crippen molar-refractivity contribution in [2.24, 2.45) is 17.1 Å². The maximum atomic E-state index is 14.6. The molecule has 3 N–H and O–H groups in total. The zero-order valence-electron chi connectivity index (χ0n) is 17.5. The largest absolute Gasteiger partial charge is 0.487 e. The van der Waals surface area contributed by atoms with Crippen LogP contribution in [0, 0.1) is 17.2 Å². The van der Waals surface area contributed by atoms with Gasteiger partial charge in [-0.25, -0.2) is 13.2 Å². The minimum absolute atomic E-state index is 0.105. The Morgan fingerprint density at radius 1 is 1.26 bits per heavy atom. The minimum Gasteiger partial charge on any atom is -0.487 e. The van der Waals surface area contributed by atoms with Crippen molar-refractivity contribution in [1.82, 2.24) is 4.98 Å². The molecular weight excluding hydrogens is 405 g/mol. The molecule has 0 bridgehead atoms. The molecule has 0 amide bonds. The number of aromatic amines is 1. The smallest absolute Gasteiger partial charge is 0.255 e. The zero-order valence-corrected chi connectivity index (χ0v) is 17.5. The second-order valence-corrected chi connectivity index (χ2v) is 8.70. The fourth-order valence-electron chi connectivity index (χ4n) is 5.22. The average molecular weight is 432 g/mol. The molecule has 2 aliphatic rings. The zero-order chi connectivity index (χ0) is 22.2. The highest BCUT2D eigenvalue weighted by Gasteiger charge is 2.46. The van der Waals surface area contributed by atoms with Crippen LogP contribution in [0.3, 0.4) is 0 Å². The van der Waals surface area contributed by atoms with Gasteiger partial charge in [-0.1, -0.05) is 6.92 Å². The predicted octanol–water partition coefficient (Wildman–Crippen LogP) is 5.44. The van der Waals surface area contributed by atoms with Crippen LogP contribution in [0.25, 0.3) is 10.8 Å². The van der Waals surface area contributed by atoms with E-state index in [1.807, 2.05) is 6.92 Å². The second-order valence-electron chi connectivity index (χ2n) is 8.70. The van der Waals surface area contributed by atoms with E-state index in [1.165, 1.54) is 18.3 Å². The topological polar surface area (TPSA) is 68.1 Å². The lowest BCUT2D eigenvalue weighted by molar-refractivity contribution is 0.0251. The number of ether oxygens (including phenoxy) is 1. The summed E-state index contributed by atoms with van der Waals surface area (Å²) in [6, 6.07) is 4.23. The number of nitrogens with one attached hydrogen (secondary N) is 1. The molecule has 7 heteroatoms. The van der Waals surface area contributed by atoms with Crippen molar-refractivity contribution in [2.75, 3.05) is 0 Å². The van der Waals surface area contributed by atoms with E-state index >= 15 is 0 Å². The Balaban J connectivity index is 1.53. The molecule has 1 aromatic heterocycles. The summed E-state index contributed by atoms with van der Waals surface area (Å²) in [5.41, 5.74) is 5.70. The molecule has 0 spiro atoms. The monoisotopic (exact) mass is 432 g/mol. The summed E-state index contributed by atoms with van der Waals surface area (Å²) in [6.07, 6.45) is 7.07. The Labute approximate surface area is 179 Å². The van der Waals surface area contributed by atoms with Gasteiger partial charge in [-0.05, 0) is 73.1 Å². The number of fused-ring (bicyclic) bond motifs is 1. The molecule has 4 rings (SSSR count). The number of H-pyrrole nitrogens is 1. The van der Waals surface area contributed by atoms with E-state index in [9.17, 15) is 18.0 Å². The number of allylic oxidation sites excluding steroid dienone is 4. The highest BCUT2D eigenvalue weighted by molar-refractivity contribution is 5.82. The number of hydrogen-bond donors (Lipinski definition) is 2. The summed E-state index contributed by atoms with van der Waals surface area (Å²) in [5.74, 6) is -1.80. The molecule has 2 atom stereocenters. The van der Waals surface area contributed by atoms with E-state index in [2.05, 4.69) is 4.98 Å². The molecule has 2 aliphatic carbocycles. The van der Waals surface area contributed by atoms with Gasteiger partial charge in [-0.2, -0.15) is 0 Å². The Morgan fingerprint density at radius 3 is 2.68 bits per heavy atom. The number of benzene rings is 1. The molecule has 166 valence electrons. The number of halogens is 3. The van der Waals surface area contributed by atoms with Gasteiger partial charge in [0.1, 0.15) is 11.7 Å². The van der Waals surface area contributed by atoms with E-state index in [0.717, 1.165) is 6.08 Å². The van der Waals surface area contributed by atoms with Crippen molar-refractivity contribution in [3.8, 4) is 5.75 Å². The van der Waals surface area contributed by atoms with Crippen LogP contribution < -0.4 is 16.0 Å². The number of rotatable bonds is 5. The van der Waals surface area contributed by atoms with E-state index < -0.39 is 22.9 Å². The van der Waals surface area contributed by atoms with Gasteiger partial charge in [0.05, 0.1) is 11.5 Å². The normalized spacial score (nSPS) is 27.5. The van der Waals surface area contributed by atoms with Crippen molar-refractivity contribution in [3.05, 3.63) is 64.4 Å². The summed E-state index contributed by atoms with van der Waals surface area (Å²) < 4.78 is 48.5. The molecule has 31 heavy (non-hydrogen) atoms. The molecule has 0 radical (unpaired) electrons. The Kier molecular flexibility index (Phi) is 5.97. The summed E-state index contributed by atoms with van der Waals surface area (Å²) in [6.45, 7) is 1.98. The number of aromatic nitrogens is 1. The molecule has 1 fully saturated rings. The molecule has 2 unspecified atom stereocenters. The van der Waals surface area contributed by atoms with Crippen LogP contribution in [-0.2, 0) is 0 Å². The summed E-state index contributed by atoms with van der Waals surface area (Å²) >= 11 is 0. The molecule has 1 heterocycles. The third kappa shape index (κ3) is 4.15. The van der Waals surface area contributed by atoms with Gasteiger partial charge in [0, 0.05) is 24.7 Å². The van der Waals surface area contributed by atoms with Gasteiger partial charge < -0.3 is 15.5 Å². The third-order valence-corrected chi connectivity index (χ3v) is 6.97. The van der Waals surface area contributed by atoms with Crippen LogP contribution in [-0.4, -0.2) is 17.1 Å². The lowest BCUT2D eigenvalue weighted by atomic mass is 9.59. The van der Waals surface area contributed by atoms with Crippen LogP contribution in [0.4, 0.5) is 13.2 Å². The molecule has 1 saturated carbocycles. The molecule has 2 aromatic rings. The third-order valence-electron chi connectivity index (χ3n) is 6.97. The van der Waals surface area contributed by atoms with Crippen LogP contribution in [0.1, 0.15) is 45.4 Å². The lowest BCUT2D eigenvalue weighted by Gasteiger charge is -2.48. The summed E-state index contributed by atoms with van der Waals surface area (Å²) in [7, 11) is 0. The van der Waals surface area contributed by atoms with Crippen LogP contribution in [0.2, 0.25) is 0 Å². The molecule has 1 aromatic carbocycles. The summed E-state index contributed by atoms with van der Waals surface area (Å²) in [5, 5.41) is 0.869. The number of hydrogen-bond acceptors (Lipinski definition) is 3. The second kappa shape index (κ2) is 8.54. The first kappa shape index (κ1) is 21.7. The van der Waals surface area contributed by atoms with E-state index in [-0.39, 0.29) is 41.2 Å². The maximum absolute atomic E-state index is 14.6. The van der Waals surface area contributed by atoms with Crippen molar-refractivity contribution < 1.29 is 17.9 Å². The fraction of sp³-hybridized carbons (Fsp3) is 0.458. The fourth-order valence-corrected chi connectivity index (χ4v) is 5.22. The van der Waals surface area contributed by atoms with Gasteiger partial charge in [-0.3, -0.25) is 4.79 Å². The molecule has 0 saturated heterocycles. The average Bonchev–Trinajstić information content (AvgIpc) is 2.74. The van der Waals surface area contributed by atoms with E-state index in [4.69, 9.17) is 10.5 Å². The van der Waals surface area contributed by atoms with Crippen molar-refractivity contribution in [2.45, 2.75) is 57.6 Å². The Hall–Kier alpha value is -2.54. The number of nitrogens with two attached hydrogens (primary N) is 1. The molecule has 4 nitrogen and oxygen atoms in total. The van der Waals surface area contributed by atoms with Gasteiger partial charge >= 0.3 is 0 Å². The van der Waals surface area contributed by atoms with Crippen molar-refractivity contribution in [1.29, 1.82) is 0 Å². The van der Waals surface area contributed by atoms with E-state index in [0.29, 0.717) is 37.5 Å². The van der Waals surface area contributed by atoms with Gasteiger partial charge in [-0.15, -0.1) is 0 Å². The van der Waals surface area contributed by atoms with Gasteiger partial charge in [0.25, 0.3) is 5.56 Å². The Bertz CT molecular complexity index is 1080. The predicted molar refractivity (Wildman–Crippen MR) is 115 cm³/mol. The SMILES string of the molecule is CCC(N)[C@]1(C2C=C(F)C=C(F)C2)CC[C@H](Oc2cc3cc[nH]c(=O)c3cc2F)CC1. The molecular formula is C24H27F3N2O2. The first-order valence-corrected chi connectivity index (χ1v) is 10.8. The summed E-state index contributed by atoms with van der Waals surface area (Å²) in [4.78, 5) is 14.4. The van der Waals surface area contributed by atoms with Gasteiger partial charge in [0.15, 0.2) is 11.6 Å². The highest BCUT2D eigenvalue weighted by Crippen LogP contribution is 2.50. The quantitative estimate of drug-likeness (QED) is 0.661. The highest BCUT2D eigenvalue weighted by atomic mass is 19.1. The minimum atomic E-state index is -0.587. The van der Waals surface area contributed by atoms with Crippen LogP contribution >= 0.6 is 0 Å². The van der Waals surface area contributed by atoms with E-state index in [1.54, 1.807) is 12.1 Å². The lowest BCUT2D eigenvalue weighted by Crippen LogP contribution is -2.50. The Morgan fingerprint density at radius 2 is 2.00 bits per heavy atom. The van der Waals surface area contributed by atoms with Gasteiger partial charge in [0.2, 0.25) is 0 Å². The van der Waals surface area contributed by atoms with Crippen LogP contribution in [0.5, 0.6) is 5.75 Å². The standard InChI is InChI=1S/C24H27F3N2O2/c1-2-22(28)24(15-10-16(25)12-17(26)11-15)6-3-18(4-7-24)31-21-9-14-5-8-29-23(30)19(14)13-20(21)27/h5,8-10,12-13,15,18,22H,2-4,6-7,11,28H2,1H3,(H,29,30)/t15?,18-,22?,24+.